The van der Waals surface area contributed by atoms with Gasteiger partial charge in [0, 0.05) is 32.2 Å². The molecular weight excluding hydrogens is 334 g/mol. The number of carbonyl (C=O) groups excluding carboxylic acids is 2. The molecule has 1 saturated heterocycles. The summed E-state index contributed by atoms with van der Waals surface area (Å²) in [5, 5.41) is 2.89. The van der Waals surface area contributed by atoms with E-state index in [0.29, 0.717) is 50.7 Å². The van der Waals surface area contributed by atoms with Gasteiger partial charge in [0.1, 0.15) is 6.26 Å². The van der Waals surface area contributed by atoms with E-state index in [1.165, 1.54) is 0 Å². The summed E-state index contributed by atoms with van der Waals surface area (Å²) in [6.07, 6.45) is 2.52. The van der Waals surface area contributed by atoms with E-state index in [1.807, 2.05) is 30.3 Å². The van der Waals surface area contributed by atoms with Gasteiger partial charge in [-0.05, 0) is 18.6 Å². The summed E-state index contributed by atoms with van der Waals surface area (Å²) in [5.74, 6) is 0.341. The average molecular weight is 357 g/mol. The van der Waals surface area contributed by atoms with E-state index in [0.717, 1.165) is 5.56 Å². The number of ether oxygens (including phenoxy) is 1. The summed E-state index contributed by atoms with van der Waals surface area (Å²) in [6, 6.07) is 9.60. The third-order valence-corrected chi connectivity index (χ3v) is 4.45. The quantitative estimate of drug-likeness (QED) is 0.817. The second-order valence-electron chi connectivity index (χ2n) is 6.30. The van der Waals surface area contributed by atoms with E-state index < -0.39 is 0 Å². The van der Waals surface area contributed by atoms with Crippen LogP contribution in [0, 0.1) is 5.92 Å². The van der Waals surface area contributed by atoms with Crippen molar-refractivity contribution in [3.63, 3.8) is 0 Å². The zero-order valence-electron chi connectivity index (χ0n) is 14.8. The molecule has 0 spiro atoms. The van der Waals surface area contributed by atoms with Gasteiger partial charge < -0.3 is 19.4 Å². The van der Waals surface area contributed by atoms with E-state index >= 15 is 0 Å². The van der Waals surface area contributed by atoms with Gasteiger partial charge >= 0.3 is 0 Å². The van der Waals surface area contributed by atoms with Gasteiger partial charge in [-0.1, -0.05) is 18.2 Å². The lowest BCUT2D eigenvalue weighted by Crippen LogP contribution is -2.46. The van der Waals surface area contributed by atoms with Gasteiger partial charge in [0.2, 0.25) is 17.7 Å². The SMILES string of the molecule is COCCN1C[C@H](C(=O)NCc2coc(-c3ccccc3)n2)CCC1=O. The standard InChI is InChI=1S/C19H23N3O4/c1-25-10-9-22-12-15(7-8-17(22)23)18(24)20-11-16-13-26-19(21-16)14-5-3-2-4-6-14/h2-6,13,15H,7-12H2,1H3,(H,20,24)/t15-/m1/s1. The monoisotopic (exact) mass is 357 g/mol. The number of nitrogens with zero attached hydrogens (tertiary/aromatic N) is 2. The molecule has 1 aromatic carbocycles. The minimum absolute atomic E-state index is 0.0656. The molecule has 1 N–H and O–H groups in total. The van der Waals surface area contributed by atoms with Gasteiger partial charge in [-0.2, -0.15) is 0 Å². The van der Waals surface area contributed by atoms with Crippen molar-refractivity contribution in [2.45, 2.75) is 19.4 Å². The summed E-state index contributed by atoms with van der Waals surface area (Å²) >= 11 is 0. The number of hydrogen-bond donors (Lipinski definition) is 1. The smallest absolute Gasteiger partial charge is 0.226 e. The maximum absolute atomic E-state index is 12.4. The Morgan fingerprint density at radius 3 is 2.96 bits per heavy atom. The first-order valence-electron chi connectivity index (χ1n) is 8.71. The van der Waals surface area contributed by atoms with E-state index in [-0.39, 0.29) is 17.7 Å². The minimum atomic E-state index is -0.204. The molecule has 0 saturated carbocycles. The highest BCUT2D eigenvalue weighted by Crippen LogP contribution is 2.19. The zero-order valence-corrected chi connectivity index (χ0v) is 14.8. The second kappa shape index (κ2) is 8.62. The number of carbonyl (C=O) groups is 2. The van der Waals surface area contributed by atoms with E-state index in [2.05, 4.69) is 10.3 Å². The number of benzene rings is 1. The normalized spacial score (nSPS) is 17.3. The van der Waals surface area contributed by atoms with Gasteiger partial charge in [0.05, 0.1) is 24.8 Å². The topological polar surface area (TPSA) is 84.7 Å². The molecule has 26 heavy (non-hydrogen) atoms. The molecule has 0 aliphatic carbocycles. The van der Waals surface area contributed by atoms with Crippen LogP contribution >= 0.6 is 0 Å². The van der Waals surface area contributed by atoms with Crippen molar-refractivity contribution in [2.75, 3.05) is 26.8 Å². The first-order chi connectivity index (χ1) is 12.7. The molecule has 0 radical (unpaired) electrons. The third kappa shape index (κ3) is 4.49. The van der Waals surface area contributed by atoms with Crippen molar-refractivity contribution < 1.29 is 18.7 Å². The number of methoxy groups -OCH3 is 1. The van der Waals surface area contributed by atoms with Gasteiger partial charge in [-0.25, -0.2) is 4.98 Å². The summed E-state index contributed by atoms with van der Waals surface area (Å²) in [7, 11) is 1.60. The van der Waals surface area contributed by atoms with Gasteiger partial charge in [0.15, 0.2) is 0 Å². The molecule has 1 aliphatic heterocycles. The van der Waals surface area contributed by atoms with Crippen molar-refractivity contribution in [3.05, 3.63) is 42.3 Å². The van der Waals surface area contributed by atoms with E-state index in [9.17, 15) is 9.59 Å². The summed E-state index contributed by atoms with van der Waals surface area (Å²) < 4.78 is 10.5. The van der Waals surface area contributed by atoms with Crippen LogP contribution in [0.5, 0.6) is 0 Å². The van der Waals surface area contributed by atoms with Crippen molar-refractivity contribution in [2.24, 2.45) is 5.92 Å². The Kier molecular flexibility index (Phi) is 6.01. The predicted octanol–water partition coefficient (Wildman–Crippen LogP) is 1.84. The van der Waals surface area contributed by atoms with Gasteiger partial charge in [-0.3, -0.25) is 9.59 Å². The summed E-state index contributed by atoms with van der Waals surface area (Å²) in [6.45, 7) is 1.73. The first kappa shape index (κ1) is 18.1. The highest BCUT2D eigenvalue weighted by Gasteiger charge is 2.29. The number of likely N-dealkylation sites (tertiary alicyclic amines) is 1. The Balaban J connectivity index is 1.52. The molecule has 2 amide bonds. The van der Waals surface area contributed by atoms with E-state index in [1.54, 1.807) is 18.3 Å². The predicted molar refractivity (Wildman–Crippen MR) is 95.0 cm³/mol. The van der Waals surface area contributed by atoms with Crippen LogP contribution in [0.25, 0.3) is 11.5 Å². The number of amides is 2. The maximum atomic E-state index is 12.4. The third-order valence-electron chi connectivity index (χ3n) is 4.45. The van der Waals surface area contributed by atoms with Crippen LogP contribution in [0.15, 0.2) is 41.0 Å². The molecule has 1 fully saturated rings. The molecule has 0 unspecified atom stereocenters. The van der Waals surface area contributed by atoms with Gasteiger partial charge in [0.25, 0.3) is 0 Å². The number of rotatable bonds is 7. The molecule has 2 aromatic rings. The lowest BCUT2D eigenvalue weighted by atomic mass is 9.96. The Morgan fingerprint density at radius 1 is 1.38 bits per heavy atom. The van der Waals surface area contributed by atoms with Crippen molar-refractivity contribution in [1.29, 1.82) is 0 Å². The summed E-state index contributed by atoms with van der Waals surface area (Å²) in [5.41, 5.74) is 1.56. The molecule has 1 atom stereocenters. The zero-order chi connectivity index (χ0) is 18.4. The average Bonchev–Trinajstić information content (AvgIpc) is 3.15. The van der Waals surface area contributed by atoms with Crippen molar-refractivity contribution >= 4 is 11.8 Å². The largest absolute Gasteiger partial charge is 0.444 e. The number of nitrogens with one attached hydrogen (secondary N) is 1. The Hall–Kier alpha value is -2.67. The van der Waals surface area contributed by atoms with Crippen LogP contribution < -0.4 is 5.32 Å². The van der Waals surface area contributed by atoms with E-state index in [4.69, 9.17) is 9.15 Å². The molecular formula is C19H23N3O4. The lowest BCUT2D eigenvalue weighted by molar-refractivity contribution is -0.138. The molecule has 7 nitrogen and oxygen atoms in total. The fourth-order valence-electron chi connectivity index (χ4n) is 2.97. The molecule has 0 bridgehead atoms. The highest BCUT2D eigenvalue weighted by molar-refractivity contribution is 5.83. The Labute approximate surface area is 152 Å². The van der Waals surface area contributed by atoms with Crippen LogP contribution in [0.4, 0.5) is 0 Å². The Bertz CT molecular complexity index is 744. The number of piperidine rings is 1. The fourth-order valence-corrected chi connectivity index (χ4v) is 2.97. The second-order valence-corrected chi connectivity index (χ2v) is 6.30. The highest BCUT2D eigenvalue weighted by atomic mass is 16.5. The lowest BCUT2D eigenvalue weighted by Gasteiger charge is -2.31. The molecule has 7 heteroatoms. The maximum Gasteiger partial charge on any atom is 0.226 e. The minimum Gasteiger partial charge on any atom is -0.444 e. The number of hydrogen-bond acceptors (Lipinski definition) is 5. The molecule has 1 aliphatic rings. The molecule has 3 rings (SSSR count). The first-order valence-corrected chi connectivity index (χ1v) is 8.71. The fraction of sp³-hybridized carbons (Fsp3) is 0.421. The number of oxazole rings is 1. The Morgan fingerprint density at radius 2 is 2.19 bits per heavy atom. The van der Waals surface area contributed by atoms with Crippen molar-refractivity contribution in [1.82, 2.24) is 15.2 Å². The van der Waals surface area contributed by atoms with Crippen LogP contribution in [-0.4, -0.2) is 48.5 Å². The van der Waals surface area contributed by atoms with Crippen LogP contribution in [0.3, 0.4) is 0 Å². The molecule has 1 aromatic heterocycles. The van der Waals surface area contributed by atoms with Crippen LogP contribution in [-0.2, 0) is 20.9 Å². The number of aromatic nitrogens is 1. The van der Waals surface area contributed by atoms with Crippen LogP contribution in [0.1, 0.15) is 18.5 Å². The molecule has 138 valence electrons. The molecule has 2 heterocycles. The van der Waals surface area contributed by atoms with Crippen molar-refractivity contribution in [3.8, 4) is 11.5 Å². The summed E-state index contributed by atoms with van der Waals surface area (Å²) in [4.78, 5) is 30.4. The van der Waals surface area contributed by atoms with Crippen LogP contribution in [0.2, 0.25) is 0 Å². The van der Waals surface area contributed by atoms with Gasteiger partial charge in [-0.15, -0.1) is 0 Å².